The molecule has 19 heavy (non-hydrogen) atoms. The Morgan fingerprint density at radius 3 is 2.89 bits per heavy atom. The van der Waals surface area contributed by atoms with Crippen molar-refractivity contribution in [3.05, 3.63) is 18.6 Å². The molecule has 0 unspecified atom stereocenters. The summed E-state index contributed by atoms with van der Waals surface area (Å²) in [5, 5.41) is 3.14. The molecule has 0 saturated carbocycles. The van der Waals surface area contributed by atoms with E-state index in [0.717, 1.165) is 30.4 Å². The lowest BCUT2D eigenvalue weighted by Crippen LogP contribution is -2.42. The summed E-state index contributed by atoms with van der Waals surface area (Å²) >= 11 is 1.96. The van der Waals surface area contributed by atoms with Gasteiger partial charge in [0.25, 0.3) is 0 Å². The smallest absolute Gasteiger partial charge is 0.191 e. The number of nitrogens with two attached hydrogens (primary N) is 1. The van der Waals surface area contributed by atoms with Crippen LogP contribution < -0.4 is 11.1 Å². The average molecular weight is 394 g/mol. The topological polar surface area (TPSA) is 79.4 Å². The molecule has 1 fully saturated rings. The molecule has 1 saturated heterocycles. The molecule has 106 valence electrons. The van der Waals surface area contributed by atoms with E-state index in [-0.39, 0.29) is 24.0 Å². The summed E-state index contributed by atoms with van der Waals surface area (Å²) in [4.78, 5) is 14.6. The second-order valence-corrected chi connectivity index (χ2v) is 5.08. The van der Waals surface area contributed by atoms with Crippen LogP contribution in [0, 0.1) is 0 Å². The predicted octanol–water partition coefficient (Wildman–Crippen LogP) is 0.870. The fourth-order valence-electron chi connectivity index (χ4n) is 1.64. The van der Waals surface area contributed by atoms with E-state index in [2.05, 4.69) is 25.2 Å². The van der Waals surface area contributed by atoms with E-state index in [4.69, 9.17) is 5.73 Å². The highest BCUT2D eigenvalue weighted by molar-refractivity contribution is 14.0. The van der Waals surface area contributed by atoms with Crippen LogP contribution in [0.15, 0.2) is 23.6 Å². The first kappa shape index (κ1) is 16.3. The zero-order valence-electron chi connectivity index (χ0n) is 10.7. The van der Waals surface area contributed by atoms with Gasteiger partial charge in [-0.1, -0.05) is 0 Å². The number of aliphatic imine (C=N–C) groups is 1. The zero-order chi connectivity index (χ0) is 12.6. The minimum absolute atomic E-state index is 0. The van der Waals surface area contributed by atoms with Gasteiger partial charge in [0.2, 0.25) is 0 Å². The van der Waals surface area contributed by atoms with Gasteiger partial charge >= 0.3 is 0 Å². The van der Waals surface area contributed by atoms with E-state index < -0.39 is 0 Å². The molecule has 1 aromatic heterocycles. The Bertz CT molecular complexity index is 382. The summed E-state index contributed by atoms with van der Waals surface area (Å²) in [6, 6.07) is 0. The Hall–Kier alpha value is -0.770. The molecule has 8 heteroatoms. The Morgan fingerprint density at radius 1 is 1.42 bits per heavy atom. The van der Waals surface area contributed by atoms with Gasteiger partial charge in [0.05, 0.1) is 12.7 Å². The van der Waals surface area contributed by atoms with Crippen molar-refractivity contribution in [1.82, 2.24) is 14.9 Å². The highest BCUT2D eigenvalue weighted by atomic mass is 127. The van der Waals surface area contributed by atoms with Crippen LogP contribution in [0.3, 0.4) is 0 Å². The number of nitrogens with zero attached hydrogens (tertiary/aromatic N) is 4. The van der Waals surface area contributed by atoms with E-state index in [1.54, 1.807) is 18.6 Å². The zero-order valence-corrected chi connectivity index (χ0v) is 13.8. The molecule has 0 spiro atoms. The van der Waals surface area contributed by atoms with E-state index in [1.165, 1.54) is 0 Å². The summed E-state index contributed by atoms with van der Waals surface area (Å²) in [6.07, 6.45) is 5.00. The molecule has 0 bridgehead atoms. The van der Waals surface area contributed by atoms with E-state index in [1.807, 2.05) is 11.8 Å². The second kappa shape index (κ2) is 9.18. The van der Waals surface area contributed by atoms with Crippen molar-refractivity contribution >= 4 is 47.5 Å². The third-order valence-electron chi connectivity index (χ3n) is 2.59. The number of guanidine groups is 1. The molecule has 3 N–H and O–H groups in total. The van der Waals surface area contributed by atoms with Gasteiger partial charge < -0.3 is 16.0 Å². The number of nitrogens with one attached hydrogen (secondary N) is 1. The molecule has 0 aliphatic carbocycles. The minimum Gasteiger partial charge on any atom is -0.370 e. The van der Waals surface area contributed by atoms with Gasteiger partial charge in [-0.15, -0.1) is 24.0 Å². The standard InChI is InChI=1S/C11H18N6S.HI/c12-11(17-5-7-18-8-6-17)16-4-3-15-10-9-13-1-2-14-10;/h1-2,9H,3-8H2,(H2,12,16)(H,14,15);1H. The van der Waals surface area contributed by atoms with Crippen LogP contribution in [0.5, 0.6) is 0 Å². The largest absolute Gasteiger partial charge is 0.370 e. The Kier molecular flexibility index (Phi) is 7.87. The monoisotopic (exact) mass is 394 g/mol. The average Bonchev–Trinajstić information content (AvgIpc) is 2.45. The van der Waals surface area contributed by atoms with Crippen LogP contribution in [0.2, 0.25) is 0 Å². The quantitative estimate of drug-likeness (QED) is 0.342. The van der Waals surface area contributed by atoms with Crippen LogP contribution in [0.1, 0.15) is 0 Å². The number of hydrogen-bond donors (Lipinski definition) is 2. The molecular weight excluding hydrogens is 375 g/mol. The molecule has 6 nitrogen and oxygen atoms in total. The minimum atomic E-state index is 0. The van der Waals surface area contributed by atoms with Crippen molar-refractivity contribution < 1.29 is 0 Å². The Labute approximate surface area is 134 Å². The molecule has 2 rings (SSSR count). The number of rotatable bonds is 4. The summed E-state index contributed by atoms with van der Waals surface area (Å²) in [5.74, 6) is 3.68. The molecule has 1 aromatic rings. The van der Waals surface area contributed by atoms with Crippen LogP contribution in [0.25, 0.3) is 0 Å². The molecule has 0 aromatic carbocycles. The Morgan fingerprint density at radius 2 is 2.21 bits per heavy atom. The van der Waals surface area contributed by atoms with Gasteiger partial charge in [0.15, 0.2) is 5.96 Å². The fraction of sp³-hybridized carbons (Fsp3) is 0.545. The SMILES string of the molecule is I.NC(=NCCNc1cnccn1)N1CCSCC1. The van der Waals surface area contributed by atoms with Gasteiger partial charge in [0, 0.05) is 43.5 Å². The van der Waals surface area contributed by atoms with Gasteiger partial charge in [-0.2, -0.15) is 11.8 Å². The molecular formula is C11H19IN6S. The van der Waals surface area contributed by atoms with Gasteiger partial charge in [-0.25, -0.2) is 4.98 Å². The third-order valence-corrected chi connectivity index (χ3v) is 3.53. The molecule has 2 heterocycles. The molecule has 1 aliphatic rings. The Balaban J connectivity index is 0.00000180. The maximum Gasteiger partial charge on any atom is 0.191 e. The maximum atomic E-state index is 5.94. The number of thioether (sulfide) groups is 1. The summed E-state index contributed by atoms with van der Waals surface area (Å²) in [5.41, 5.74) is 5.94. The van der Waals surface area contributed by atoms with Crippen molar-refractivity contribution in [3.63, 3.8) is 0 Å². The molecule has 0 radical (unpaired) electrons. The normalized spacial score (nSPS) is 15.8. The van der Waals surface area contributed by atoms with Crippen molar-refractivity contribution in [3.8, 4) is 0 Å². The first-order valence-electron chi connectivity index (χ1n) is 5.99. The second-order valence-electron chi connectivity index (χ2n) is 3.86. The lowest BCUT2D eigenvalue weighted by molar-refractivity contribution is 0.456. The lowest BCUT2D eigenvalue weighted by Gasteiger charge is -2.27. The van der Waals surface area contributed by atoms with Crippen LogP contribution >= 0.6 is 35.7 Å². The van der Waals surface area contributed by atoms with Crippen molar-refractivity contribution in [2.24, 2.45) is 10.7 Å². The van der Waals surface area contributed by atoms with E-state index >= 15 is 0 Å². The van der Waals surface area contributed by atoms with Gasteiger partial charge in [-0.3, -0.25) is 9.98 Å². The fourth-order valence-corrected chi connectivity index (χ4v) is 2.54. The first-order valence-corrected chi connectivity index (χ1v) is 7.14. The first-order chi connectivity index (χ1) is 8.86. The van der Waals surface area contributed by atoms with Gasteiger partial charge in [-0.05, 0) is 0 Å². The summed E-state index contributed by atoms with van der Waals surface area (Å²) < 4.78 is 0. The van der Waals surface area contributed by atoms with Crippen LogP contribution in [0.4, 0.5) is 5.82 Å². The number of halogens is 1. The van der Waals surface area contributed by atoms with Crippen molar-refractivity contribution in [1.29, 1.82) is 0 Å². The van der Waals surface area contributed by atoms with Crippen LogP contribution in [-0.2, 0) is 0 Å². The number of aromatic nitrogens is 2. The van der Waals surface area contributed by atoms with Crippen LogP contribution in [-0.4, -0.2) is 58.5 Å². The maximum absolute atomic E-state index is 5.94. The predicted molar refractivity (Wildman–Crippen MR) is 91.3 cm³/mol. The highest BCUT2D eigenvalue weighted by Gasteiger charge is 2.11. The molecule has 0 atom stereocenters. The number of hydrogen-bond acceptors (Lipinski definition) is 5. The van der Waals surface area contributed by atoms with Gasteiger partial charge in [0.1, 0.15) is 5.82 Å². The number of anilines is 1. The third kappa shape index (κ3) is 5.81. The summed E-state index contributed by atoms with van der Waals surface area (Å²) in [7, 11) is 0. The van der Waals surface area contributed by atoms with Crippen molar-refractivity contribution in [2.75, 3.05) is 43.0 Å². The van der Waals surface area contributed by atoms with Crippen molar-refractivity contribution in [2.45, 2.75) is 0 Å². The molecule has 1 aliphatic heterocycles. The summed E-state index contributed by atoms with van der Waals surface area (Å²) in [6.45, 7) is 3.35. The lowest BCUT2D eigenvalue weighted by atomic mass is 10.5. The molecule has 0 amide bonds. The highest BCUT2D eigenvalue weighted by Crippen LogP contribution is 2.08. The van der Waals surface area contributed by atoms with E-state index in [0.29, 0.717) is 19.0 Å². The van der Waals surface area contributed by atoms with E-state index in [9.17, 15) is 0 Å².